The highest BCUT2D eigenvalue weighted by molar-refractivity contribution is 6.30. The molecule has 0 bridgehead atoms. The quantitative estimate of drug-likeness (QED) is 0.709. The summed E-state index contributed by atoms with van der Waals surface area (Å²) in [5.74, 6) is -0.291. The highest BCUT2D eigenvalue weighted by Crippen LogP contribution is 2.54. The maximum Gasteiger partial charge on any atom is 0.168 e. The SMILES string of the molecule is CC1=Cc2cc(Cl)ccc2C12CCC1(CC2)OCCO1. The van der Waals surface area contributed by atoms with Gasteiger partial charge in [-0.1, -0.05) is 29.3 Å². The van der Waals surface area contributed by atoms with Crippen molar-refractivity contribution < 1.29 is 9.47 Å². The van der Waals surface area contributed by atoms with Crippen LogP contribution in [0.4, 0.5) is 0 Å². The van der Waals surface area contributed by atoms with E-state index in [0.29, 0.717) is 0 Å². The van der Waals surface area contributed by atoms with E-state index in [-0.39, 0.29) is 11.2 Å². The largest absolute Gasteiger partial charge is 0.348 e. The summed E-state index contributed by atoms with van der Waals surface area (Å²) in [6.07, 6.45) is 6.48. The lowest BCUT2D eigenvalue weighted by Gasteiger charge is -2.43. The van der Waals surface area contributed by atoms with Gasteiger partial charge in [0.15, 0.2) is 5.79 Å². The molecule has 2 aliphatic carbocycles. The fraction of sp³-hybridized carbons (Fsp3) is 0.529. The van der Waals surface area contributed by atoms with E-state index < -0.39 is 0 Å². The van der Waals surface area contributed by atoms with E-state index >= 15 is 0 Å². The van der Waals surface area contributed by atoms with Crippen LogP contribution < -0.4 is 0 Å². The number of hydrogen-bond acceptors (Lipinski definition) is 2. The molecule has 2 spiro atoms. The van der Waals surface area contributed by atoms with Crippen LogP contribution in [0.5, 0.6) is 0 Å². The van der Waals surface area contributed by atoms with Crippen molar-refractivity contribution in [2.24, 2.45) is 0 Å². The van der Waals surface area contributed by atoms with Crippen LogP contribution in [-0.4, -0.2) is 19.0 Å². The van der Waals surface area contributed by atoms with Gasteiger partial charge in [0.1, 0.15) is 0 Å². The van der Waals surface area contributed by atoms with Crippen LogP contribution in [-0.2, 0) is 14.9 Å². The zero-order valence-electron chi connectivity index (χ0n) is 11.7. The molecule has 2 fully saturated rings. The number of ether oxygens (including phenoxy) is 2. The highest BCUT2D eigenvalue weighted by Gasteiger charge is 2.49. The van der Waals surface area contributed by atoms with Gasteiger partial charge in [0.2, 0.25) is 0 Å². The Kier molecular flexibility index (Phi) is 2.79. The van der Waals surface area contributed by atoms with E-state index in [1.54, 1.807) is 0 Å². The Balaban J connectivity index is 1.68. The Labute approximate surface area is 124 Å². The number of hydrogen-bond donors (Lipinski definition) is 0. The lowest BCUT2D eigenvalue weighted by Crippen LogP contribution is -2.42. The normalized spacial score (nSPS) is 26.0. The van der Waals surface area contributed by atoms with Crippen LogP contribution in [0.3, 0.4) is 0 Å². The Bertz CT molecular complexity index is 575. The van der Waals surface area contributed by atoms with Crippen molar-refractivity contribution >= 4 is 17.7 Å². The fourth-order valence-electron chi connectivity index (χ4n) is 4.18. The predicted octanol–water partition coefficient (Wildman–Crippen LogP) is 4.31. The molecule has 4 rings (SSSR count). The molecule has 3 heteroatoms. The maximum atomic E-state index is 6.13. The van der Waals surface area contributed by atoms with E-state index in [1.165, 1.54) is 16.7 Å². The minimum absolute atomic E-state index is 0.181. The highest BCUT2D eigenvalue weighted by atomic mass is 35.5. The van der Waals surface area contributed by atoms with Crippen LogP contribution in [0.15, 0.2) is 23.8 Å². The second-order valence-electron chi connectivity index (χ2n) is 6.25. The van der Waals surface area contributed by atoms with Gasteiger partial charge in [-0.15, -0.1) is 0 Å². The van der Waals surface area contributed by atoms with Crippen molar-refractivity contribution in [3.63, 3.8) is 0 Å². The molecule has 2 nitrogen and oxygen atoms in total. The molecule has 0 amide bonds. The fourth-order valence-corrected chi connectivity index (χ4v) is 4.36. The van der Waals surface area contributed by atoms with Gasteiger partial charge < -0.3 is 9.47 Å². The second-order valence-corrected chi connectivity index (χ2v) is 6.69. The van der Waals surface area contributed by atoms with Crippen molar-refractivity contribution in [2.45, 2.75) is 43.8 Å². The third-order valence-electron chi connectivity index (χ3n) is 5.33. The van der Waals surface area contributed by atoms with Gasteiger partial charge in [0.05, 0.1) is 13.2 Å². The summed E-state index contributed by atoms with van der Waals surface area (Å²) in [5.41, 5.74) is 4.37. The van der Waals surface area contributed by atoms with Gasteiger partial charge in [-0.2, -0.15) is 0 Å². The van der Waals surface area contributed by atoms with Gasteiger partial charge in [-0.3, -0.25) is 0 Å². The molecule has 1 saturated carbocycles. The monoisotopic (exact) mass is 290 g/mol. The van der Waals surface area contributed by atoms with Gasteiger partial charge in [0.25, 0.3) is 0 Å². The molecule has 20 heavy (non-hydrogen) atoms. The topological polar surface area (TPSA) is 18.5 Å². The summed E-state index contributed by atoms with van der Waals surface area (Å²) in [7, 11) is 0. The second kappa shape index (κ2) is 4.33. The molecule has 1 saturated heterocycles. The molecule has 0 aromatic heterocycles. The van der Waals surface area contributed by atoms with Gasteiger partial charge in [0, 0.05) is 23.3 Å². The van der Waals surface area contributed by atoms with Crippen LogP contribution in [0.1, 0.15) is 43.7 Å². The molecule has 1 aromatic rings. The van der Waals surface area contributed by atoms with E-state index in [4.69, 9.17) is 21.1 Å². The molecule has 106 valence electrons. The predicted molar refractivity (Wildman–Crippen MR) is 79.9 cm³/mol. The molecular weight excluding hydrogens is 272 g/mol. The first-order valence-corrected chi connectivity index (χ1v) is 7.78. The summed E-state index contributed by atoms with van der Waals surface area (Å²) in [6.45, 7) is 3.74. The lowest BCUT2D eigenvalue weighted by atomic mass is 9.66. The van der Waals surface area contributed by atoms with E-state index in [0.717, 1.165) is 43.9 Å². The van der Waals surface area contributed by atoms with E-state index in [9.17, 15) is 0 Å². The van der Waals surface area contributed by atoms with Crippen molar-refractivity contribution in [2.75, 3.05) is 13.2 Å². The van der Waals surface area contributed by atoms with Crippen LogP contribution in [0, 0.1) is 0 Å². The molecule has 0 radical (unpaired) electrons. The summed E-state index contributed by atoms with van der Waals surface area (Å²) < 4.78 is 11.7. The Hall–Kier alpha value is -0.830. The smallest absolute Gasteiger partial charge is 0.168 e. The first kappa shape index (κ1) is 12.9. The third-order valence-corrected chi connectivity index (χ3v) is 5.57. The number of benzene rings is 1. The summed E-state index contributed by atoms with van der Waals surface area (Å²) >= 11 is 6.13. The Morgan fingerprint density at radius 1 is 1.05 bits per heavy atom. The maximum absolute atomic E-state index is 6.13. The van der Waals surface area contributed by atoms with Gasteiger partial charge in [-0.25, -0.2) is 0 Å². The summed E-state index contributed by atoms with van der Waals surface area (Å²) in [4.78, 5) is 0. The first-order chi connectivity index (χ1) is 9.64. The molecule has 3 aliphatic rings. The molecule has 0 unspecified atom stereocenters. The van der Waals surface area contributed by atoms with Gasteiger partial charge in [-0.05, 0) is 43.0 Å². The average Bonchev–Trinajstić information content (AvgIpc) is 2.98. The van der Waals surface area contributed by atoms with Crippen molar-refractivity contribution in [1.82, 2.24) is 0 Å². The van der Waals surface area contributed by atoms with E-state index in [1.807, 2.05) is 6.07 Å². The molecule has 1 aromatic carbocycles. The molecule has 0 N–H and O–H groups in total. The molecule has 1 heterocycles. The minimum atomic E-state index is -0.291. The summed E-state index contributed by atoms with van der Waals surface area (Å²) in [6, 6.07) is 6.31. The number of fused-ring (bicyclic) bond motifs is 2. The Morgan fingerprint density at radius 3 is 2.45 bits per heavy atom. The van der Waals surface area contributed by atoms with Crippen LogP contribution >= 0.6 is 11.6 Å². The standard InChI is InChI=1S/C17H19ClO2/c1-12-10-13-11-14(18)2-3-15(13)16(12)4-6-17(7-5-16)19-8-9-20-17/h2-3,10-11H,4-9H2,1H3. The zero-order valence-corrected chi connectivity index (χ0v) is 12.5. The van der Waals surface area contributed by atoms with Gasteiger partial charge >= 0.3 is 0 Å². The van der Waals surface area contributed by atoms with Crippen LogP contribution in [0.2, 0.25) is 5.02 Å². The number of halogens is 1. The molecular formula is C17H19ClO2. The van der Waals surface area contributed by atoms with E-state index in [2.05, 4.69) is 25.1 Å². The zero-order chi connectivity index (χ0) is 13.8. The van der Waals surface area contributed by atoms with Crippen molar-refractivity contribution in [3.8, 4) is 0 Å². The first-order valence-electron chi connectivity index (χ1n) is 7.40. The Morgan fingerprint density at radius 2 is 1.75 bits per heavy atom. The lowest BCUT2D eigenvalue weighted by molar-refractivity contribution is -0.183. The average molecular weight is 291 g/mol. The van der Waals surface area contributed by atoms with Crippen molar-refractivity contribution in [3.05, 3.63) is 39.9 Å². The summed E-state index contributed by atoms with van der Waals surface area (Å²) in [5, 5.41) is 0.819. The molecule has 1 aliphatic heterocycles. The minimum Gasteiger partial charge on any atom is -0.348 e. The molecule has 0 atom stereocenters. The number of allylic oxidation sites excluding steroid dienone is 1. The van der Waals surface area contributed by atoms with Crippen molar-refractivity contribution in [1.29, 1.82) is 0 Å². The number of rotatable bonds is 0. The third kappa shape index (κ3) is 1.71. The van der Waals surface area contributed by atoms with Crippen LogP contribution in [0.25, 0.3) is 6.08 Å².